The molecule has 0 saturated carbocycles. The summed E-state index contributed by atoms with van der Waals surface area (Å²) in [4.78, 5) is 4.31. The third-order valence-electron chi connectivity index (χ3n) is 4.41. The molecule has 4 heteroatoms. The summed E-state index contributed by atoms with van der Waals surface area (Å²) in [6.45, 7) is 6.29. The summed E-state index contributed by atoms with van der Waals surface area (Å²) in [5.41, 5.74) is 5.64. The third kappa shape index (κ3) is 1.61. The van der Waals surface area contributed by atoms with Crippen LogP contribution in [0.5, 0.6) is 0 Å². The smallest absolute Gasteiger partial charge is 0.110 e. The van der Waals surface area contributed by atoms with Crippen molar-refractivity contribution in [1.82, 2.24) is 9.78 Å². The van der Waals surface area contributed by atoms with Gasteiger partial charge in [-0.1, -0.05) is 18.7 Å². The molecule has 0 atom stereocenters. The van der Waals surface area contributed by atoms with E-state index in [1.165, 1.54) is 11.1 Å². The molecule has 0 radical (unpaired) electrons. The quantitative estimate of drug-likeness (QED) is 0.678. The summed E-state index contributed by atoms with van der Waals surface area (Å²) in [6, 6.07) is 14.8. The first-order chi connectivity index (χ1) is 10.6. The Kier molecular flexibility index (Phi) is 2.57. The first-order valence-corrected chi connectivity index (χ1v) is 7.33. The maximum atomic E-state index is 4.50. The van der Waals surface area contributed by atoms with E-state index in [0.717, 1.165) is 28.4 Å². The highest BCUT2D eigenvalue weighted by Crippen LogP contribution is 2.44. The second kappa shape index (κ2) is 4.37. The Morgan fingerprint density at radius 2 is 1.73 bits per heavy atom. The lowest BCUT2D eigenvalue weighted by Crippen LogP contribution is -2.20. The van der Waals surface area contributed by atoms with Gasteiger partial charge in [0.05, 0.1) is 22.6 Å². The van der Waals surface area contributed by atoms with Gasteiger partial charge in [0.15, 0.2) is 0 Å². The lowest BCUT2D eigenvalue weighted by atomic mass is 10.1. The highest BCUT2D eigenvalue weighted by atomic mass is 15.4. The lowest BCUT2D eigenvalue weighted by Gasteiger charge is -2.22. The minimum absolute atomic E-state index is 0.958. The average molecular weight is 290 g/mol. The maximum absolute atomic E-state index is 4.50. The summed E-state index contributed by atoms with van der Waals surface area (Å²) in [7, 11) is 4.03. The van der Waals surface area contributed by atoms with Gasteiger partial charge in [-0.15, -0.1) is 0 Å². The van der Waals surface area contributed by atoms with Gasteiger partial charge in [-0.3, -0.25) is 9.58 Å². The molecule has 1 aliphatic rings. The first kappa shape index (κ1) is 13.0. The molecule has 0 unspecified atom stereocenters. The predicted molar refractivity (Wildman–Crippen MR) is 91.6 cm³/mol. The van der Waals surface area contributed by atoms with Crippen molar-refractivity contribution >= 4 is 28.0 Å². The van der Waals surface area contributed by atoms with Crippen LogP contribution in [0.3, 0.4) is 0 Å². The van der Waals surface area contributed by atoms with Gasteiger partial charge in [0.25, 0.3) is 0 Å². The fraction of sp³-hybridized carbons (Fsp3) is 0.167. The maximum Gasteiger partial charge on any atom is 0.110 e. The van der Waals surface area contributed by atoms with Gasteiger partial charge in [0.2, 0.25) is 0 Å². The van der Waals surface area contributed by atoms with Crippen molar-refractivity contribution in [3.8, 4) is 0 Å². The Hall–Kier alpha value is -2.75. The van der Waals surface area contributed by atoms with E-state index in [4.69, 9.17) is 0 Å². The molecule has 2 heterocycles. The number of aromatic nitrogens is 2. The Balaban J connectivity index is 1.92. The highest BCUT2D eigenvalue weighted by molar-refractivity contribution is 5.92. The van der Waals surface area contributed by atoms with Crippen LogP contribution in [0.25, 0.3) is 10.9 Å². The van der Waals surface area contributed by atoms with Crippen molar-refractivity contribution in [3.05, 3.63) is 60.6 Å². The molecular weight excluding hydrogens is 272 g/mol. The van der Waals surface area contributed by atoms with Crippen molar-refractivity contribution in [3.63, 3.8) is 0 Å². The van der Waals surface area contributed by atoms with Crippen molar-refractivity contribution in [1.29, 1.82) is 0 Å². The summed E-state index contributed by atoms with van der Waals surface area (Å²) >= 11 is 0. The monoisotopic (exact) mass is 290 g/mol. The van der Waals surface area contributed by atoms with E-state index in [9.17, 15) is 0 Å². The van der Waals surface area contributed by atoms with Crippen molar-refractivity contribution in [2.24, 2.45) is 7.05 Å². The number of fused-ring (bicyclic) bond motifs is 2. The topological polar surface area (TPSA) is 24.3 Å². The van der Waals surface area contributed by atoms with Gasteiger partial charge < -0.3 is 4.90 Å². The van der Waals surface area contributed by atoms with E-state index in [1.54, 1.807) is 0 Å². The molecule has 0 saturated heterocycles. The molecule has 1 aromatic heterocycles. The minimum atomic E-state index is 0.958. The number of anilines is 3. The largest absolute Gasteiger partial charge is 0.329 e. The second-order valence-electron chi connectivity index (χ2n) is 5.71. The molecule has 3 aromatic rings. The Bertz CT molecular complexity index is 907. The summed E-state index contributed by atoms with van der Waals surface area (Å²) in [6.07, 6.45) is 0. The van der Waals surface area contributed by atoms with Crippen LogP contribution < -0.4 is 9.80 Å². The van der Waals surface area contributed by atoms with Crippen molar-refractivity contribution in [2.45, 2.75) is 6.92 Å². The molecule has 0 fully saturated rings. The van der Waals surface area contributed by atoms with Crippen LogP contribution in [-0.4, -0.2) is 16.8 Å². The summed E-state index contributed by atoms with van der Waals surface area (Å²) in [5, 5.41) is 5.69. The van der Waals surface area contributed by atoms with Crippen molar-refractivity contribution < 1.29 is 0 Å². The van der Waals surface area contributed by atoms with Gasteiger partial charge in [0.1, 0.15) is 5.82 Å². The van der Waals surface area contributed by atoms with Crippen LogP contribution in [-0.2, 0) is 7.05 Å². The molecule has 0 amide bonds. The van der Waals surface area contributed by atoms with Gasteiger partial charge in [-0.2, -0.15) is 5.10 Å². The van der Waals surface area contributed by atoms with Crippen LogP contribution >= 0.6 is 0 Å². The van der Waals surface area contributed by atoms with Crippen LogP contribution in [0.2, 0.25) is 0 Å². The number of rotatable bonds is 1. The third-order valence-corrected chi connectivity index (χ3v) is 4.41. The molecule has 4 rings (SSSR count). The number of para-hydroxylation sites is 2. The van der Waals surface area contributed by atoms with Crippen LogP contribution in [0, 0.1) is 6.92 Å². The molecule has 0 bridgehead atoms. The second-order valence-corrected chi connectivity index (χ2v) is 5.71. The van der Waals surface area contributed by atoms with Crippen molar-refractivity contribution in [2.75, 3.05) is 16.8 Å². The minimum Gasteiger partial charge on any atom is -0.329 e. The molecule has 2 aromatic carbocycles. The average Bonchev–Trinajstić information content (AvgIpc) is 2.95. The standard InChI is InChI=1S/C18H18N4/c1-12-15-10-9-14(11-18(15)21(4)19-12)22-13(2)20(3)16-7-5-6-8-17(16)22/h5-11H,2H2,1,3-4H3. The summed E-state index contributed by atoms with van der Waals surface area (Å²) < 4.78 is 1.93. The number of benzene rings is 2. The van der Waals surface area contributed by atoms with E-state index in [2.05, 4.69) is 63.9 Å². The number of aryl methyl sites for hydroxylation is 2. The highest BCUT2D eigenvalue weighted by Gasteiger charge is 2.28. The molecule has 110 valence electrons. The molecule has 1 aliphatic heterocycles. The SMILES string of the molecule is C=C1N(C)c2ccccc2N1c1ccc2c(C)nn(C)c2c1. The zero-order valence-corrected chi connectivity index (χ0v) is 13.0. The molecule has 0 N–H and O–H groups in total. The lowest BCUT2D eigenvalue weighted by molar-refractivity contribution is 0.783. The fourth-order valence-electron chi connectivity index (χ4n) is 3.22. The summed E-state index contributed by atoms with van der Waals surface area (Å²) in [5.74, 6) is 0.958. The van der Waals surface area contributed by atoms with Gasteiger partial charge in [0, 0.05) is 25.2 Å². The van der Waals surface area contributed by atoms with Crippen LogP contribution in [0.1, 0.15) is 5.69 Å². The van der Waals surface area contributed by atoms with E-state index in [-0.39, 0.29) is 0 Å². The number of hydrogen-bond donors (Lipinski definition) is 0. The fourth-order valence-corrected chi connectivity index (χ4v) is 3.22. The molecule has 22 heavy (non-hydrogen) atoms. The van der Waals surface area contributed by atoms with E-state index in [0.29, 0.717) is 0 Å². The Labute approximate surface area is 129 Å². The van der Waals surface area contributed by atoms with Crippen LogP contribution in [0.15, 0.2) is 54.9 Å². The number of nitrogens with zero attached hydrogens (tertiary/aromatic N) is 4. The molecule has 0 spiro atoms. The Morgan fingerprint density at radius 3 is 2.50 bits per heavy atom. The van der Waals surface area contributed by atoms with Crippen LogP contribution in [0.4, 0.5) is 17.1 Å². The van der Waals surface area contributed by atoms with Gasteiger partial charge >= 0.3 is 0 Å². The molecule has 0 aliphatic carbocycles. The zero-order chi connectivity index (χ0) is 15.4. The number of hydrogen-bond acceptors (Lipinski definition) is 3. The molecular formula is C18H18N4. The normalized spacial score (nSPS) is 14.0. The van der Waals surface area contributed by atoms with E-state index in [1.807, 2.05) is 25.7 Å². The first-order valence-electron chi connectivity index (χ1n) is 7.33. The van der Waals surface area contributed by atoms with E-state index < -0.39 is 0 Å². The van der Waals surface area contributed by atoms with Gasteiger partial charge in [-0.05, 0) is 37.3 Å². The molecule has 4 nitrogen and oxygen atoms in total. The van der Waals surface area contributed by atoms with E-state index >= 15 is 0 Å². The zero-order valence-electron chi connectivity index (χ0n) is 13.0. The predicted octanol–water partition coefficient (Wildman–Crippen LogP) is 3.94. The van der Waals surface area contributed by atoms with Gasteiger partial charge in [-0.25, -0.2) is 0 Å². The Morgan fingerprint density at radius 1 is 1.00 bits per heavy atom.